The molecule has 0 spiro atoms. The molecule has 0 heterocycles. The maximum absolute atomic E-state index is 2.29. The predicted molar refractivity (Wildman–Crippen MR) is 110 cm³/mol. The van der Waals surface area contributed by atoms with Crippen LogP contribution < -0.4 is 15.9 Å². The molecule has 3 aromatic carbocycles. The van der Waals surface area contributed by atoms with Crippen LogP contribution in [-0.4, -0.2) is 0 Å². The van der Waals surface area contributed by atoms with E-state index in [1.54, 1.807) is 0 Å². The highest BCUT2D eigenvalue weighted by Crippen LogP contribution is 2.36. The van der Waals surface area contributed by atoms with Gasteiger partial charge in [0.15, 0.2) is 0 Å². The molecule has 0 atom stereocenters. The first kappa shape index (κ1) is 17.9. The molecule has 0 radical (unpaired) electrons. The molecule has 0 bridgehead atoms. The molecule has 0 aromatic heterocycles. The van der Waals surface area contributed by atoms with E-state index in [1.807, 2.05) is 0 Å². The second-order valence-corrected chi connectivity index (χ2v) is 7.81. The zero-order chi connectivity index (χ0) is 15.5. The zero-order valence-corrected chi connectivity index (χ0v) is 16.4. The number of aryl methyl sites for hydroxylation is 3. The fraction of sp³-hybridized carbons (Fsp3) is 0.143. The molecule has 0 saturated heterocycles. The minimum atomic E-state index is -0.508. The Kier molecular flexibility index (Phi) is 6.16. The molecule has 2 heteroatoms. The van der Waals surface area contributed by atoms with Gasteiger partial charge >= 0.3 is 0 Å². The van der Waals surface area contributed by atoms with Gasteiger partial charge in [-0.15, -0.1) is 17.0 Å². The summed E-state index contributed by atoms with van der Waals surface area (Å²) >= 11 is 0. The van der Waals surface area contributed by atoms with E-state index >= 15 is 0 Å². The Bertz CT molecular complexity index is 687. The van der Waals surface area contributed by atoms with Crippen LogP contribution >= 0.6 is 24.9 Å². The first-order chi connectivity index (χ1) is 10.7. The van der Waals surface area contributed by atoms with E-state index in [9.17, 15) is 0 Å². The fourth-order valence-electron chi connectivity index (χ4n) is 2.83. The van der Waals surface area contributed by atoms with Crippen LogP contribution in [0.3, 0.4) is 0 Å². The minimum Gasteiger partial charge on any atom is -0.114 e. The third-order valence-corrected chi connectivity index (χ3v) is 7.02. The lowest BCUT2D eigenvalue weighted by atomic mass is 10.2. The molecule has 0 saturated carbocycles. The van der Waals surface area contributed by atoms with Crippen molar-refractivity contribution in [3.05, 3.63) is 89.5 Å². The van der Waals surface area contributed by atoms with E-state index in [2.05, 4.69) is 93.6 Å². The molecule has 0 aliphatic heterocycles. The Morgan fingerprint density at radius 3 is 1.00 bits per heavy atom. The third-order valence-electron chi connectivity index (χ3n) is 4.07. The molecular formula is C21H22BrP. The maximum atomic E-state index is 2.29. The summed E-state index contributed by atoms with van der Waals surface area (Å²) < 4.78 is 0. The van der Waals surface area contributed by atoms with Crippen LogP contribution in [0.25, 0.3) is 0 Å². The van der Waals surface area contributed by atoms with Gasteiger partial charge in [0.05, 0.1) is 0 Å². The van der Waals surface area contributed by atoms with E-state index in [0.717, 1.165) is 0 Å². The first-order valence-electron chi connectivity index (χ1n) is 7.65. The number of rotatable bonds is 3. The van der Waals surface area contributed by atoms with Crippen molar-refractivity contribution in [3.8, 4) is 0 Å². The van der Waals surface area contributed by atoms with Gasteiger partial charge in [0, 0.05) is 0 Å². The van der Waals surface area contributed by atoms with E-state index < -0.39 is 7.92 Å². The predicted octanol–water partition coefficient (Wildman–Crippen LogP) is 4.95. The highest BCUT2D eigenvalue weighted by Gasteiger charge is 2.20. The largest absolute Gasteiger partial charge is 0.114 e. The normalized spacial score (nSPS) is 10.4. The molecule has 0 unspecified atom stereocenters. The van der Waals surface area contributed by atoms with E-state index in [-0.39, 0.29) is 17.0 Å². The summed E-state index contributed by atoms with van der Waals surface area (Å²) in [6.45, 7) is 6.67. The second kappa shape index (κ2) is 7.90. The summed E-state index contributed by atoms with van der Waals surface area (Å²) in [6, 6.07) is 26.4. The van der Waals surface area contributed by atoms with Crippen LogP contribution in [0, 0.1) is 20.8 Å². The summed E-state index contributed by atoms with van der Waals surface area (Å²) in [5.41, 5.74) is 4.13. The standard InChI is InChI=1S/C21H21P.BrH/c1-16-10-4-7-13-19(16)22(20-14-8-5-11-17(20)2)21-15-9-6-12-18(21)3;/h4-15H,1-3H3;1H. The fourth-order valence-corrected chi connectivity index (χ4v) is 5.60. The molecule has 3 rings (SSSR count). The average molecular weight is 385 g/mol. The SMILES string of the molecule is Br.Cc1ccccc1P(c1ccccc1C)c1ccccc1C. The minimum absolute atomic E-state index is 0. The first-order valence-corrected chi connectivity index (χ1v) is 8.99. The number of benzene rings is 3. The van der Waals surface area contributed by atoms with Crippen LogP contribution in [0.4, 0.5) is 0 Å². The summed E-state index contributed by atoms with van der Waals surface area (Å²) in [7, 11) is -0.508. The van der Waals surface area contributed by atoms with Gasteiger partial charge in [-0.25, -0.2) is 0 Å². The molecule has 0 aliphatic rings. The van der Waals surface area contributed by atoms with Crippen molar-refractivity contribution in [3.63, 3.8) is 0 Å². The second-order valence-electron chi connectivity index (χ2n) is 5.69. The number of hydrogen-bond acceptors (Lipinski definition) is 0. The maximum Gasteiger partial charge on any atom is -0.0122 e. The van der Waals surface area contributed by atoms with Gasteiger partial charge in [0.2, 0.25) is 0 Å². The van der Waals surface area contributed by atoms with Crippen molar-refractivity contribution < 1.29 is 0 Å². The van der Waals surface area contributed by atoms with E-state index in [1.165, 1.54) is 32.6 Å². The summed E-state index contributed by atoms with van der Waals surface area (Å²) in [5.74, 6) is 0. The topological polar surface area (TPSA) is 0 Å². The van der Waals surface area contributed by atoms with Crippen molar-refractivity contribution in [2.75, 3.05) is 0 Å². The van der Waals surface area contributed by atoms with Crippen molar-refractivity contribution in [2.24, 2.45) is 0 Å². The van der Waals surface area contributed by atoms with Gasteiger partial charge in [0.25, 0.3) is 0 Å². The lowest BCUT2D eigenvalue weighted by Gasteiger charge is -2.24. The molecule has 3 aromatic rings. The van der Waals surface area contributed by atoms with Gasteiger partial charge in [-0.2, -0.15) is 0 Å². The molecular weight excluding hydrogens is 363 g/mol. The molecule has 0 fully saturated rings. The summed E-state index contributed by atoms with van der Waals surface area (Å²) in [4.78, 5) is 0. The Balaban J connectivity index is 0.00000192. The van der Waals surface area contributed by atoms with Crippen LogP contribution in [0.15, 0.2) is 72.8 Å². The summed E-state index contributed by atoms with van der Waals surface area (Å²) in [6.07, 6.45) is 0. The van der Waals surface area contributed by atoms with Gasteiger partial charge in [-0.05, 0) is 61.3 Å². The Hall–Kier alpha value is -1.43. The van der Waals surface area contributed by atoms with Crippen LogP contribution in [-0.2, 0) is 0 Å². The van der Waals surface area contributed by atoms with Gasteiger partial charge < -0.3 is 0 Å². The van der Waals surface area contributed by atoms with Gasteiger partial charge in [-0.3, -0.25) is 0 Å². The van der Waals surface area contributed by atoms with Crippen LogP contribution in [0.5, 0.6) is 0 Å². The lowest BCUT2D eigenvalue weighted by Crippen LogP contribution is -2.25. The molecule has 0 aliphatic carbocycles. The smallest absolute Gasteiger partial charge is 0.0122 e. The lowest BCUT2D eigenvalue weighted by molar-refractivity contribution is 1.49. The van der Waals surface area contributed by atoms with E-state index in [4.69, 9.17) is 0 Å². The summed E-state index contributed by atoms with van der Waals surface area (Å²) in [5, 5.41) is 4.38. The molecule has 0 N–H and O–H groups in total. The van der Waals surface area contributed by atoms with Crippen molar-refractivity contribution in [2.45, 2.75) is 20.8 Å². The van der Waals surface area contributed by atoms with Gasteiger partial charge in [0.1, 0.15) is 0 Å². The molecule has 0 amide bonds. The monoisotopic (exact) mass is 384 g/mol. The number of halogens is 1. The average Bonchev–Trinajstić information content (AvgIpc) is 2.53. The van der Waals surface area contributed by atoms with Crippen molar-refractivity contribution in [1.29, 1.82) is 0 Å². The Labute approximate surface area is 151 Å². The van der Waals surface area contributed by atoms with Crippen molar-refractivity contribution in [1.82, 2.24) is 0 Å². The number of hydrogen-bond donors (Lipinski definition) is 0. The highest BCUT2D eigenvalue weighted by molar-refractivity contribution is 8.93. The Morgan fingerprint density at radius 1 is 0.478 bits per heavy atom. The quantitative estimate of drug-likeness (QED) is 0.560. The van der Waals surface area contributed by atoms with Crippen LogP contribution in [0.2, 0.25) is 0 Å². The third kappa shape index (κ3) is 3.74. The van der Waals surface area contributed by atoms with E-state index in [0.29, 0.717) is 0 Å². The molecule has 0 nitrogen and oxygen atoms in total. The molecule has 118 valence electrons. The van der Waals surface area contributed by atoms with Gasteiger partial charge in [-0.1, -0.05) is 72.8 Å². The van der Waals surface area contributed by atoms with Crippen LogP contribution in [0.1, 0.15) is 16.7 Å². The highest BCUT2D eigenvalue weighted by atomic mass is 79.9. The Morgan fingerprint density at radius 2 is 0.739 bits per heavy atom. The molecule has 23 heavy (non-hydrogen) atoms. The zero-order valence-electron chi connectivity index (χ0n) is 13.8. The van der Waals surface area contributed by atoms with Crippen molar-refractivity contribution >= 4 is 40.8 Å².